The maximum Gasteiger partial charge on any atom is 0.327 e. The number of fused-ring (bicyclic) bond motifs is 1. The van der Waals surface area contributed by atoms with Gasteiger partial charge in [-0.1, -0.05) is 0 Å². The second-order valence-corrected chi connectivity index (χ2v) is 5.15. The molecule has 0 aliphatic heterocycles. The summed E-state index contributed by atoms with van der Waals surface area (Å²) in [4.78, 5) is 30.2. The summed E-state index contributed by atoms with van der Waals surface area (Å²) in [5.41, 5.74) is 0.763. The number of thioether (sulfide) groups is 1. The topological polar surface area (TPSA) is 109 Å². The Labute approximate surface area is 118 Å². The number of carboxylic acid groups (broad SMARTS) is 1. The van der Waals surface area contributed by atoms with Gasteiger partial charge in [0.05, 0.1) is 0 Å². The van der Waals surface area contributed by atoms with Crippen molar-refractivity contribution in [1.82, 2.24) is 24.9 Å². The summed E-state index contributed by atoms with van der Waals surface area (Å²) in [6.07, 6.45) is 1.38. The Morgan fingerprint density at radius 3 is 2.95 bits per heavy atom. The van der Waals surface area contributed by atoms with Gasteiger partial charge in [0.15, 0.2) is 0 Å². The molecule has 106 valence electrons. The van der Waals surface area contributed by atoms with Crippen LogP contribution >= 0.6 is 11.8 Å². The lowest BCUT2D eigenvalue weighted by Crippen LogP contribution is -2.41. The second kappa shape index (κ2) is 5.87. The SMILES string of the molecule is CC(=O)NC(CSc1cc(C)nc2ncnn12)C(=O)O. The van der Waals surface area contributed by atoms with Crippen molar-refractivity contribution >= 4 is 29.4 Å². The van der Waals surface area contributed by atoms with Crippen molar-refractivity contribution in [2.24, 2.45) is 0 Å². The molecular formula is C11H13N5O3S. The van der Waals surface area contributed by atoms with Crippen LogP contribution in [0.1, 0.15) is 12.6 Å². The number of carbonyl (C=O) groups is 2. The van der Waals surface area contributed by atoms with Gasteiger partial charge in [-0.15, -0.1) is 11.8 Å². The van der Waals surface area contributed by atoms with Crippen LogP contribution in [0.15, 0.2) is 17.4 Å². The van der Waals surface area contributed by atoms with Crippen molar-refractivity contribution in [3.8, 4) is 0 Å². The van der Waals surface area contributed by atoms with Crippen LogP contribution in [-0.2, 0) is 9.59 Å². The molecule has 0 saturated carbocycles. The van der Waals surface area contributed by atoms with Gasteiger partial charge in [-0.25, -0.2) is 9.78 Å². The van der Waals surface area contributed by atoms with Crippen LogP contribution in [0.3, 0.4) is 0 Å². The third-order valence-corrected chi connectivity index (χ3v) is 3.51. The Hall–Kier alpha value is -2.16. The molecule has 0 bridgehead atoms. The smallest absolute Gasteiger partial charge is 0.327 e. The molecule has 1 amide bonds. The summed E-state index contributed by atoms with van der Waals surface area (Å²) < 4.78 is 1.53. The zero-order chi connectivity index (χ0) is 14.7. The monoisotopic (exact) mass is 295 g/mol. The third-order valence-electron chi connectivity index (χ3n) is 2.42. The predicted octanol–water partition coefficient (Wildman–Crippen LogP) is 0.114. The quantitative estimate of drug-likeness (QED) is 0.595. The van der Waals surface area contributed by atoms with E-state index in [4.69, 9.17) is 5.11 Å². The molecule has 0 aliphatic rings. The highest BCUT2D eigenvalue weighted by Crippen LogP contribution is 2.19. The maximum absolute atomic E-state index is 11.1. The van der Waals surface area contributed by atoms with Crippen LogP contribution in [0.5, 0.6) is 0 Å². The number of carbonyl (C=O) groups excluding carboxylic acids is 1. The second-order valence-electron chi connectivity index (χ2n) is 4.11. The average Bonchev–Trinajstić information content (AvgIpc) is 2.81. The molecule has 0 aliphatic carbocycles. The largest absolute Gasteiger partial charge is 0.480 e. The van der Waals surface area contributed by atoms with E-state index < -0.39 is 12.0 Å². The number of nitrogens with zero attached hydrogens (tertiary/aromatic N) is 4. The molecule has 0 fully saturated rings. The predicted molar refractivity (Wildman–Crippen MR) is 71.5 cm³/mol. The Morgan fingerprint density at radius 2 is 2.30 bits per heavy atom. The van der Waals surface area contributed by atoms with Gasteiger partial charge < -0.3 is 10.4 Å². The standard InChI is InChI=1S/C11H13N5O3S/c1-6-3-9(16-11(14-6)12-5-13-16)20-4-8(10(18)19)15-7(2)17/h3,5,8H,4H2,1-2H3,(H,15,17)(H,18,19). The normalized spacial score (nSPS) is 12.3. The average molecular weight is 295 g/mol. The molecular weight excluding hydrogens is 282 g/mol. The summed E-state index contributed by atoms with van der Waals surface area (Å²) in [5, 5.41) is 16.2. The molecule has 0 saturated heterocycles. The first-order valence-corrected chi connectivity index (χ1v) is 6.76. The summed E-state index contributed by atoms with van der Waals surface area (Å²) in [7, 11) is 0. The molecule has 0 radical (unpaired) electrons. The van der Waals surface area contributed by atoms with E-state index in [1.165, 1.54) is 29.5 Å². The molecule has 2 aromatic rings. The van der Waals surface area contributed by atoms with Crippen LogP contribution in [0.2, 0.25) is 0 Å². The molecule has 0 spiro atoms. The summed E-state index contributed by atoms with van der Waals surface area (Å²) in [6.45, 7) is 3.11. The van der Waals surface area contributed by atoms with Crippen molar-refractivity contribution < 1.29 is 14.7 Å². The maximum atomic E-state index is 11.1. The number of amides is 1. The fourth-order valence-corrected chi connectivity index (χ4v) is 2.66. The van der Waals surface area contributed by atoms with E-state index in [2.05, 4.69) is 20.4 Å². The number of carboxylic acids is 1. The number of rotatable bonds is 5. The lowest BCUT2D eigenvalue weighted by molar-refractivity contribution is -0.140. The van der Waals surface area contributed by atoms with Gasteiger partial charge in [0, 0.05) is 18.4 Å². The lowest BCUT2D eigenvalue weighted by atomic mass is 10.3. The third kappa shape index (κ3) is 3.23. The van der Waals surface area contributed by atoms with Crippen LogP contribution in [0.25, 0.3) is 5.78 Å². The fourth-order valence-electron chi connectivity index (χ4n) is 1.59. The van der Waals surface area contributed by atoms with E-state index in [9.17, 15) is 9.59 Å². The molecule has 9 heteroatoms. The highest BCUT2D eigenvalue weighted by Gasteiger charge is 2.19. The number of aryl methyl sites for hydroxylation is 1. The number of aliphatic carboxylic acids is 1. The zero-order valence-electron chi connectivity index (χ0n) is 10.9. The molecule has 8 nitrogen and oxygen atoms in total. The fraction of sp³-hybridized carbons (Fsp3) is 0.364. The number of aromatic nitrogens is 4. The molecule has 1 atom stereocenters. The van der Waals surface area contributed by atoms with Crippen LogP contribution in [-0.4, -0.2) is 48.4 Å². The van der Waals surface area contributed by atoms with E-state index in [1.54, 1.807) is 6.07 Å². The first kappa shape index (κ1) is 14.3. The van der Waals surface area contributed by atoms with E-state index >= 15 is 0 Å². The Bertz CT molecular complexity index is 657. The van der Waals surface area contributed by atoms with E-state index in [-0.39, 0.29) is 11.7 Å². The van der Waals surface area contributed by atoms with Crippen molar-refractivity contribution in [3.63, 3.8) is 0 Å². The van der Waals surface area contributed by atoms with E-state index in [0.29, 0.717) is 5.78 Å². The van der Waals surface area contributed by atoms with E-state index in [0.717, 1.165) is 10.7 Å². The van der Waals surface area contributed by atoms with Crippen molar-refractivity contribution in [1.29, 1.82) is 0 Å². The van der Waals surface area contributed by atoms with Gasteiger partial charge in [-0.05, 0) is 13.0 Å². The molecule has 2 aromatic heterocycles. The molecule has 0 aromatic carbocycles. The first-order valence-electron chi connectivity index (χ1n) is 5.77. The van der Waals surface area contributed by atoms with Crippen molar-refractivity contribution in [2.45, 2.75) is 24.9 Å². The van der Waals surface area contributed by atoms with Gasteiger partial charge in [0.1, 0.15) is 17.4 Å². The zero-order valence-corrected chi connectivity index (χ0v) is 11.7. The number of nitrogens with one attached hydrogen (secondary N) is 1. The van der Waals surface area contributed by atoms with Crippen molar-refractivity contribution in [3.05, 3.63) is 18.1 Å². The minimum atomic E-state index is -1.08. The number of hydrogen-bond donors (Lipinski definition) is 2. The summed E-state index contributed by atoms with van der Waals surface area (Å²) in [6, 6.07) is 0.837. The van der Waals surface area contributed by atoms with Crippen LogP contribution < -0.4 is 5.32 Å². The van der Waals surface area contributed by atoms with Gasteiger partial charge in [0.2, 0.25) is 5.91 Å². The van der Waals surface area contributed by atoms with Crippen molar-refractivity contribution in [2.75, 3.05) is 5.75 Å². The lowest BCUT2D eigenvalue weighted by Gasteiger charge is -2.13. The van der Waals surface area contributed by atoms with Crippen LogP contribution in [0, 0.1) is 6.92 Å². The molecule has 1 unspecified atom stereocenters. The molecule has 2 N–H and O–H groups in total. The van der Waals surface area contributed by atoms with Gasteiger partial charge in [0.25, 0.3) is 5.78 Å². The minimum Gasteiger partial charge on any atom is -0.480 e. The first-order chi connectivity index (χ1) is 9.47. The van der Waals surface area contributed by atoms with Gasteiger partial charge >= 0.3 is 5.97 Å². The van der Waals surface area contributed by atoms with E-state index in [1.807, 2.05) is 6.92 Å². The highest BCUT2D eigenvalue weighted by atomic mass is 32.2. The van der Waals surface area contributed by atoms with Gasteiger partial charge in [-0.3, -0.25) is 4.79 Å². The molecule has 2 heterocycles. The minimum absolute atomic E-state index is 0.188. The summed E-state index contributed by atoms with van der Waals surface area (Å²) >= 11 is 1.27. The summed E-state index contributed by atoms with van der Waals surface area (Å²) in [5.74, 6) is -0.810. The molecule has 20 heavy (non-hydrogen) atoms. The Morgan fingerprint density at radius 1 is 1.55 bits per heavy atom. The highest BCUT2D eigenvalue weighted by molar-refractivity contribution is 7.99. The van der Waals surface area contributed by atoms with Gasteiger partial charge in [-0.2, -0.15) is 14.6 Å². The Balaban J connectivity index is 2.17. The Kier molecular flexibility index (Phi) is 4.18. The van der Waals surface area contributed by atoms with Crippen LogP contribution in [0.4, 0.5) is 0 Å². The number of hydrogen-bond acceptors (Lipinski definition) is 6. The molecule has 2 rings (SSSR count).